The molecule has 1 aromatic carbocycles. The van der Waals surface area contributed by atoms with Crippen molar-refractivity contribution in [3.63, 3.8) is 0 Å². The second-order valence-electron chi connectivity index (χ2n) is 8.65. The van der Waals surface area contributed by atoms with Crippen LogP contribution < -0.4 is 15.6 Å². The van der Waals surface area contributed by atoms with Gasteiger partial charge in [0.25, 0.3) is 11.5 Å². The van der Waals surface area contributed by atoms with Gasteiger partial charge in [0.1, 0.15) is 17.1 Å². The summed E-state index contributed by atoms with van der Waals surface area (Å²) in [5.74, 6) is 0.286. The van der Waals surface area contributed by atoms with Gasteiger partial charge in [-0.1, -0.05) is 11.3 Å². The standard InChI is InChI=1S/C24H25N5O4S2/c1-13-6-4-5-9-29(13)18(30)11-28-12-25-22-19(23(28)32)14(2)20(35-22)21(31)27-24-26-16-8-7-15(33-3)10-17(16)34-24/h7-8,10,12-13H,4-6,9,11H2,1-3H3,(H,26,27,31)/t13-/m0/s1. The van der Waals surface area contributed by atoms with Crippen LogP contribution in [-0.4, -0.2) is 50.9 Å². The minimum Gasteiger partial charge on any atom is -0.497 e. The lowest BCUT2D eigenvalue weighted by Gasteiger charge is -2.33. The number of aryl methyl sites for hydroxylation is 1. The molecule has 182 valence electrons. The van der Waals surface area contributed by atoms with Crippen LogP contribution in [0.4, 0.5) is 5.13 Å². The number of rotatable bonds is 5. The molecule has 0 aliphatic carbocycles. The fraction of sp³-hybridized carbons (Fsp3) is 0.375. The monoisotopic (exact) mass is 511 g/mol. The summed E-state index contributed by atoms with van der Waals surface area (Å²) in [5.41, 5.74) is 1.00. The molecule has 5 rings (SSSR count). The van der Waals surface area contributed by atoms with E-state index in [0.717, 1.165) is 46.6 Å². The predicted octanol–water partition coefficient (Wildman–Crippen LogP) is 4.04. The van der Waals surface area contributed by atoms with Crippen molar-refractivity contribution >= 4 is 60.1 Å². The van der Waals surface area contributed by atoms with E-state index in [2.05, 4.69) is 15.3 Å². The number of likely N-dealkylation sites (tertiary alicyclic amines) is 1. The molecule has 1 saturated heterocycles. The molecule has 1 atom stereocenters. The summed E-state index contributed by atoms with van der Waals surface area (Å²) >= 11 is 2.51. The Bertz CT molecular complexity index is 1510. The normalized spacial score (nSPS) is 16.1. The summed E-state index contributed by atoms with van der Waals surface area (Å²) in [6.45, 7) is 4.43. The van der Waals surface area contributed by atoms with Crippen molar-refractivity contribution in [1.29, 1.82) is 0 Å². The van der Waals surface area contributed by atoms with Gasteiger partial charge in [0, 0.05) is 12.6 Å². The fourth-order valence-corrected chi connectivity index (χ4v) is 6.36. The van der Waals surface area contributed by atoms with Gasteiger partial charge in [-0.25, -0.2) is 9.97 Å². The number of ether oxygens (including phenoxy) is 1. The molecule has 0 saturated carbocycles. The van der Waals surface area contributed by atoms with Gasteiger partial charge < -0.3 is 9.64 Å². The number of aromatic nitrogens is 3. The maximum absolute atomic E-state index is 13.2. The highest BCUT2D eigenvalue weighted by atomic mass is 32.1. The van der Waals surface area contributed by atoms with E-state index in [1.807, 2.05) is 30.0 Å². The minimum absolute atomic E-state index is 0.0574. The van der Waals surface area contributed by atoms with Crippen LogP contribution >= 0.6 is 22.7 Å². The Labute approximate surface area is 209 Å². The Morgan fingerprint density at radius 3 is 2.86 bits per heavy atom. The largest absolute Gasteiger partial charge is 0.497 e. The number of amides is 2. The van der Waals surface area contributed by atoms with Crippen molar-refractivity contribution < 1.29 is 14.3 Å². The number of carbonyl (C=O) groups excluding carboxylic acids is 2. The second-order valence-corrected chi connectivity index (χ2v) is 10.7. The average Bonchev–Trinajstić information content (AvgIpc) is 3.40. The van der Waals surface area contributed by atoms with E-state index in [9.17, 15) is 14.4 Å². The van der Waals surface area contributed by atoms with Crippen molar-refractivity contribution in [2.24, 2.45) is 0 Å². The first kappa shape index (κ1) is 23.4. The Morgan fingerprint density at radius 2 is 2.09 bits per heavy atom. The summed E-state index contributed by atoms with van der Waals surface area (Å²) in [7, 11) is 1.60. The summed E-state index contributed by atoms with van der Waals surface area (Å²) in [6.07, 6.45) is 4.47. The number of nitrogens with one attached hydrogen (secondary N) is 1. The number of hydrogen-bond donors (Lipinski definition) is 1. The first-order valence-corrected chi connectivity index (χ1v) is 13.0. The first-order valence-electron chi connectivity index (χ1n) is 11.4. The van der Waals surface area contributed by atoms with Crippen molar-refractivity contribution in [2.45, 2.75) is 45.7 Å². The zero-order valence-electron chi connectivity index (χ0n) is 19.7. The molecular formula is C24H25N5O4S2. The number of methoxy groups -OCH3 is 1. The van der Waals surface area contributed by atoms with E-state index in [1.165, 1.54) is 22.2 Å². The number of carbonyl (C=O) groups is 2. The Kier molecular flexibility index (Phi) is 6.28. The van der Waals surface area contributed by atoms with Gasteiger partial charge in [-0.15, -0.1) is 11.3 Å². The maximum Gasteiger partial charge on any atom is 0.267 e. The number of nitrogens with zero attached hydrogens (tertiary/aromatic N) is 4. The number of benzene rings is 1. The summed E-state index contributed by atoms with van der Waals surface area (Å²) in [4.78, 5) is 50.7. The summed E-state index contributed by atoms with van der Waals surface area (Å²) in [5, 5.41) is 3.67. The molecule has 35 heavy (non-hydrogen) atoms. The molecule has 1 aliphatic rings. The molecule has 2 amide bonds. The van der Waals surface area contributed by atoms with Crippen LogP contribution in [0.15, 0.2) is 29.3 Å². The van der Waals surface area contributed by atoms with Gasteiger partial charge >= 0.3 is 0 Å². The highest BCUT2D eigenvalue weighted by molar-refractivity contribution is 7.23. The molecule has 3 aromatic heterocycles. The first-order chi connectivity index (χ1) is 16.9. The number of hydrogen-bond acceptors (Lipinski definition) is 8. The van der Waals surface area contributed by atoms with Crippen LogP contribution in [0, 0.1) is 6.92 Å². The predicted molar refractivity (Wildman–Crippen MR) is 138 cm³/mol. The highest BCUT2D eigenvalue weighted by Gasteiger charge is 2.25. The van der Waals surface area contributed by atoms with Gasteiger partial charge in [-0.2, -0.15) is 0 Å². The van der Waals surface area contributed by atoms with E-state index in [-0.39, 0.29) is 30.0 Å². The minimum atomic E-state index is -0.347. The molecule has 0 spiro atoms. The van der Waals surface area contributed by atoms with Crippen LogP contribution in [0.25, 0.3) is 20.4 Å². The molecular weight excluding hydrogens is 486 g/mol. The SMILES string of the molecule is COc1ccc2nc(NC(=O)c3sc4ncn(CC(=O)N5CCCC[C@@H]5C)c(=O)c4c3C)sc2c1. The van der Waals surface area contributed by atoms with Gasteiger partial charge in [0.2, 0.25) is 5.91 Å². The van der Waals surface area contributed by atoms with E-state index in [1.54, 1.807) is 14.0 Å². The third kappa shape index (κ3) is 4.41. The second kappa shape index (κ2) is 9.38. The third-order valence-electron chi connectivity index (χ3n) is 6.37. The lowest BCUT2D eigenvalue weighted by atomic mass is 10.0. The average molecular weight is 512 g/mol. The number of thiazole rings is 1. The van der Waals surface area contributed by atoms with E-state index in [0.29, 0.717) is 32.3 Å². The number of piperidine rings is 1. The quantitative estimate of drug-likeness (QED) is 0.434. The Morgan fingerprint density at radius 1 is 1.26 bits per heavy atom. The lowest BCUT2D eigenvalue weighted by molar-refractivity contribution is -0.135. The van der Waals surface area contributed by atoms with Crippen molar-refractivity contribution in [2.75, 3.05) is 19.0 Å². The topological polar surface area (TPSA) is 106 Å². The zero-order valence-corrected chi connectivity index (χ0v) is 21.3. The van der Waals surface area contributed by atoms with Gasteiger partial charge in [0.15, 0.2) is 5.13 Å². The molecule has 0 radical (unpaired) electrons. The molecule has 9 nitrogen and oxygen atoms in total. The van der Waals surface area contributed by atoms with E-state index in [4.69, 9.17) is 4.74 Å². The highest BCUT2D eigenvalue weighted by Crippen LogP contribution is 2.31. The summed E-state index contributed by atoms with van der Waals surface area (Å²) < 4.78 is 7.48. The van der Waals surface area contributed by atoms with E-state index >= 15 is 0 Å². The lowest BCUT2D eigenvalue weighted by Crippen LogP contribution is -2.44. The molecule has 1 aliphatic heterocycles. The van der Waals surface area contributed by atoms with Crippen molar-refractivity contribution in [3.05, 3.63) is 45.3 Å². The van der Waals surface area contributed by atoms with Crippen molar-refractivity contribution in [1.82, 2.24) is 19.4 Å². The smallest absolute Gasteiger partial charge is 0.267 e. The van der Waals surface area contributed by atoms with Gasteiger partial charge in [0.05, 0.1) is 33.9 Å². The molecule has 4 heterocycles. The van der Waals surface area contributed by atoms with Crippen LogP contribution in [0.1, 0.15) is 41.4 Å². The molecule has 0 unspecified atom stereocenters. The fourth-order valence-electron chi connectivity index (χ4n) is 4.43. The van der Waals surface area contributed by atoms with Crippen LogP contribution in [-0.2, 0) is 11.3 Å². The third-order valence-corrected chi connectivity index (χ3v) is 8.50. The van der Waals surface area contributed by atoms with Gasteiger partial charge in [-0.05, 0) is 56.9 Å². The molecule has 0 bridgehead atoms. The van der Waals surface area contributed by atoms with Crippen LogP contribution in [0.3, 0.4) is 0 Å². The van der Waals surface area contributed by atoms with Crippen LogP contribution in [0.2, 0.25) is 0 Å². The van der Waals surface area contributed by atoms with Crippen molar-refractivity contribution in [3.8, 4) is 5.75 Å². The molecule has 1 N–H and O–H groups in total. The maximum atomic E-state index is 13.2. The Balaban J connectivity index is 1.40. The number of anilines is 1. The van der Waals surface area contributed by atoms with Gasteiger partial charge in [-0.3, -0.25) is 24.3 Å². The summed E-state index contributed by atoms with van der Waals surface area (Å²) in [6, 6.07) is 5.69. The van der Waals surface area contributed by atoms with Crippen LogP contribution in [0.5, 0.6) is 5.75 Å². The number of fused-ring (bicyclic) bond motifs is 2. The number of thiophene rings is 1. The molecule has 11 heteroatoms. The van der Waals surface area contributed by atoms with E-state index < -0.39 is 0 Å². The zero-order chi connectivity index (χ0) is 24.7. The molecule has 4 aromatic rings. The molecule has 1 fully saturated rings. The Hall–Kier alpha value is -3.31.